The second kappa shape index (κ2) is 9.41. The van der Waals surface area contributed by atoms with Gasteiger partial charge in [0.1, 0.15) is 5.82 Å². The number of hydrogen-bond acceptors (Lipinski definition) is 3. The number of carboxylic acids is 1. The van der Waals surface area contributed by atoms with Crippen molar-refractivity contribution < 1.29 is 14.3 Å². The van der Waals surface area contributed by atoms with E-state index in [1.165, 1.54) is 6.07 Å². The molecule has 4 nitrogen and oxygen atoms in total. The Morgan fingerprint density at radius 3 is 2.68 bits per heavy atom. The molecule has 1 aromatic rings. The summed E-state index contributed by atoms with van der Waals surface area (Å²) < 4.78 is 14.1. The predicted molar refractivity (Wildman–Crippen MR) is 87.7 cm³/mol. The molecule has 0 spiro atoms. The number of nitrogens with zero attached hydrogens (tertiary/aromatic N) is 1. The van der Waals surface area contributed by atoms with Crippen molar-refractivity contribution in [3.8, 4) is 0 Å². The van der Waals surface area contributed by atoms with Crippen LogP contribution in [0.25, 0.3) is 0 Å². The quantitative estimate of drug-likeness (QED) is 0.696. The lowest BCUT2D eigenvalue weighted by Gasteiger charge is -2.25. The van der Waals surface area contributed by atoms with E-state index >= 15 is 0 Å². The average molecular weight is 310 g/mol. The van der Waals surface area contributed by atoms with Crippen LogP contribution in [0.4, 0.5) is 10.1 Å². The molecule has 0 atom stereocenters. The molecule has 0 aliphatic carbocycles. The lowest BCUT2D eigenvalue weighted by atomic mass is 10.1. The summed E-state index contributed by atoms with van der Waals surface area (Å²) in [7, 11) is 0. The fourth-order valence-electron chi connectivity index (χ4n) is 2.27. The fraction of sp³-hybridized carbons (Fsp3) is 0.588. The summed E-state index contributed by atoms with van der Waals surface area (Å²) in [6.45, 7) is 8.83. The highest BCUT2D eigenvalue weighted by molar-refractivity contribution is 5.67. The van der Waals surface area contributed by atoms with Gasteiger partial charge in [0.15, 0.2) is 0 Å². The van der Waals surface area contributed by atoms with Gasteiger partial charge in [0, 0.05) is 19.6 Å². The van der Waals surface area contributed by atoms with Gasteiger partial charge in [-0.15, -0.1) is 0 Å². The van der Waals surface area contributed by atoms with Crippen molar-refractivity contribution in [3.05, 3.63) is 29.6 Å². The van der Waals surface area contributed by atoms with E-state index in [1.807, 2.05) is 17.9 Å². The van der Waals surface area contributed by atoms with Gasteiger partial charge in [-0.3, -0.25) is 4.79 Å². The molecule has 1 rings (SSSR count). The van der Waals surface area contributed by atoms with E-state index in [9.17, 15) is 9.18 Å². The molecule has 0 radical (unpaired) electrons. The first-order valence-electron chi connectivity index (χ1n) is 7.90. The minimum atomic E-state index is -0.865. The van der Waals surface area contributed by atoms with E-state index < -0.39 is 5.97 Å². The SMILES string of the molecule is CCCN(CCC(=O)O)c1cc(CNCC(C)C)ccc1F. The third-order valence-corrected chi connectivity index (χ3v) is 3.32. The largest absolute Gasteiger partial charge is 0.481 e. The molecular formula is C17H27FN2O2. The first-order chi connectivity index (χ1) is 10.4. The number of halogens is 1. The monoisotopic (exact) mass is 310 g/mol. The highest BCUT2D eigenvalue weighted by Gasteiger charge is 2.13. The molecule has 5 heteroatoms. The Labute approximate surface area is 132 Å². The van der Waals surface area contributed by atoms with Crippen molar-refractivity contribution in [2.45, 2.75) is 40.2 Å². The van der Waals surface area contributed by atoms with E-state index in [-0.39, 0.29) is 12.2 Å². The van der Waals surface area contributed by atoms with Gasteiger partial charge in [-0.2, -0.15) is 0 Å². The van der Waals surface area contributed by atoms with Gasteiger partial charge >= 0.3 is 5.97 Å². The summed E-state index contributed by atoms with van der Waals surface area (Å²) in [4.78, 5) is 12.6. The first-order valence-corrected chi connectivity index (χ1v) is 7.90. The normalized spacial score (nSPS) is 11.0. The highest BCUT2D eigenvalue weighted by atomic mass is 19.1. The lowest BCUT2D eigenvalue weighted by molar-refractivity contribution is -0.136. The Hall–Kier alpha value is -1.62. The van der Waals surface area contributed by atoms with Crippen molar-refractivity contribution in [2.24, 2.45) is 5.92 Å². The zero-order chi connectivity index (χ0) is 16.5. The minimum Gasteiger partial charge on any atom is -0.481 e. The van der Waals surface area contributed by atoms with Crippen molar-refractivity contribution in [1.29, 1.82) is 0 Å². The maximum atomic E-state index is 14.1. The van der Waals surface area contributed by atoms with Crippen molar-refractivity contribution in [1.82, 2.24) is 5.32 Å². The summed E-state index contributed by atoms with van der Waals surface area (Å²) in [5.41, 5.74) is 1.50. The Kier molecular flexibility index (Phi) is 7.88. The third kappa shape index (κ3) is 6.43. The summed E-state index contributed by atoms with van der Waals surface area (Å²) in [5, 5.41) is 12.2. The van der Waals surface area contributed by atoms with E-state index in [0.717, 1.165) is 18.5 Å². The number of hydrogen-bond donors (Lipinski definition) is 2. The number of aliphatic carboxylic acids is 1. The Bertz CT molecular complexity index is 478. The summed E-state index contributed by atoms with van der Waals surface area (Å²) in [6.07, 6.45) is 0.851. The molecule has 0 aliphatic heterocycles. The van der Waals surface area contributed by atoms with Crippen LogP contribution < -0.4 is 10.2 Å². The Morgan fingerprint density at radius 2 is 2.09 bits per heavy atom. The second-order valence-corrected chi connectivity index (χ2v) is 5.94. The third-order valence-electron chi connectivity index (χ3n) is 3.32. The molecule has 1 aromatic carbocycles. The number of nitrogens with one attached hydrogen (secondary N) is 1. The summed E-state index contributed by atoms with van der Waals surface area (Å²) in [6, 6.07) is 5.05. The van der Waals surface area contributed by atoms with Gasteiger partial charge in [0.05, 0.1) is 12.1 Å². The number of carboxylic acid groups (broad SMARTS) is 1. The van der Waals surface area contributed by atoms with Crippen LogP contribution in [0.2, 0.25) is 0 Å². The van der Waals surface area contributed by atoms with Crippen LogP contribution in [0.3, 0.4) is 0 Å². The molecule has 22 heavy (non-hydrogen) atoms. The molecule has 0 saturated carbocycles. The molecule has 124 valence electrons. The molecule has 0 fully saturated rings. The topological polar surface area (TPSA) is 52.6 Å². The van der Waals surface area contributed by atoms with Crippen LogP contribution >= 0.6 is 0 Å². The van der Waals surface area contributed by atoms with Crippen LogP contribution in [-0.4, -0.2) is 30.7 Å². The molecule has 2 N–H and O–H groups in total. The molecule has 0 saturated heterocycles. The van der Waals surface area contributed by atoms with Gasteiger partial charge in [-0.05, 0) is 36.6 Å². The van der Waals surface area contributed by atoms with E-state index in [2.05, 4.69) is 19.2 Å². The average Bonchev–Trinajstić information content (AvgIpc) is 2.45. The Morgan fingerprint density at radius 1 is 1.36 bits per heavy atom. The van der Waals surface area contributed by atoms with Crippen molar-refractivity contribution in [3.63, 3.8) is 0 Å². The van der Waals surface area contributed by atoms with Gasteiger partial charge in [0.25, 0.3) is 0 Å². The van der Waals surface area contributed by atoms with E-state index in [1.54, 1.807) is 6.07 Å². The molecule has 0 heterocycles. The highest BCUT2D eigenvalue weighted by Crippen LogP contribution is 2.22. The van der Waals surface area contributed by atoms with Crippen LogP contribution in [0.15, 0.2) is 18.2 Å². The van der Waals surface area contributed by atoms with Gasteiger partial charge in [-0.1, -0.05) is 26.8 Å². The second-order valence-electron chi connectivity index (χ2n) is 5.94. The zero-order valence-electron chi connectivity index (χ0n) is 13.7. The maximum absolute atomic E-state index is 14.1. The van der Waals surface area contributed by atoms with Crippen molar-refractivity contribution in [2.75, 3.05) is 24.5 Å². The van der Waals surface area contributed by atoms with E-state index in [0.29, 0.717) is 31.2 Å². The fourth-order valence-corrected chi connectivity index (χ4v) is 2.27. The summed E-state index contributed by atoms with van der Waals surface area (Å²) in [5.74, 6) is -0.602. The van der Waals surface area contributed by atoms with Gasteiger partial charge in [-0.25, -0.2) is 4.39 Å². The minimum absolute atomic E-state index is 0.00919. The number of benzene rings is 1. The van der Waals surface area contributed by atoms with Crippen LogP contribution in [0.1, 0.15) is 39.2 Å². The number of rotatable bonds is 10. The number of carbonyl (C=O) groups is 1. The first kappa shape index (κ1) is 18.4. The number of anilines is 1. The maximum Gasteiger partial charge on any atom is 0.305 e. The smallest absolute Gasteiger partial charge is 0.305 e. The molecule has 0 unspecified atom stereocenters. The molecule has 0 aliphatic rings. The molecular weight excluding hydrogens is 283 g/mol. The van der Waals surface area contributed by atoms with Crippen LogP contribution in [0, 0.1) is 11.7 Å². The lowest BCUT2D eigenvalue weighted by Crippen LogP contribution is -2.28. The molecule has 0 aromatic heterocycles. The van der Waals surface area contributed by atoms with Crippen LogP contribution in [0.5, 0.6) is 0 Å². The van der Waals surface area contributed by atoms with Gasteiger partial charge < -0.3 is 15.3 Å². The van der Waals surface area contributed by atoms with Crippen LogP contribution in [-0.2, 0) is 11.3 Å². The molecule has 0 amide bonds. The Balaban J connectivity index is 2.81. The molecule has 0 bridgehead atoms. The predicted octanol–water partition coefficient (Wildman–Crippen LogP) is 3.26. The summed E-state index contributed by atoms with van der Waals surface area (Å²) >= 11 is 0. The van der Waals surface area contributed by atoms with Crippen molar-refractivity contribution >= 4 is 11.7 Å². The van der Waals surface area contributed by atoms with Gasteiger partial charge in [0.2, 0.25) is 0 Å². The zero-order valence-corrected chi connectivity index (χ0v) is 13.7. The van der Waals surface area contributed by atoms with E-state index in [4.69, 9.17) is 5.11 Å². The standard InChI is InChI=1S/C17H27FN2O2/c1-4-8-20(9-7-17(21)22)16-10-14(5-6-15(16)18)12-19-11-13(2)3/h5-6,10,13,19H,4,7-9,11-12H2,1-3H3,(H,21,22).